The van der Waals surface area contributed by atoms with Gasteiger partial charge in [0.15, 0.2) is 17.1 Å². The lowest BCUT2D eigenvalue weighted by molar-refractivity contribution is -0.132. The number of hydrogen-bond acceptors (Lipinski definition) is 8. The number of rotatable bonds is 3. The van der Waals surface area contributed by atoms with E-state index < -0.39 is 29.5 Å². The SMILES string of the molecule is CC(=O)Oc1cc2c(cc1Cl)C1(OC(=O)c3cc(C(=O)O)ccc31)c1cc(Cl)c(OC(C)=O)cc1O2. The van der Waals surface area contributed by atoms with Crippen molar-refractivity contribution in [3.63, 3.8) is 0 Å². The maximum Gasteiger partial charge on any atom is 0.340 e. The molecule has 0 radical (unpaired) electrons. The van der Waals surface area contributed by atoms with Gasteiger partial charge in [-0.25, -0.2) is 9.59 Å². The molecular weight excluding hydrogens is 515 g/mol. The van der Waals surface area contributed by atoms with Crippen molar-refractivity contribution in [3.05, 3.63) is 80.3 Å². The zero-order chi connectivity index (χ0) is 25.9. The van der Waals surface area contributed by atoms with Gasteiger partial charge in [0.2, 0.25) is 0 Å². The molecule has 0 unspecified atom stereocenters. The van der Waals surface area contributed by atoms with Crippen LogP contribution in [0.15, 0.2) is 42.5 Å². The van der Waals surface area contributed by atoms with Gasteiger partial charge in [-0.2, -0.15) is 0 Å². The molecule has 3 aromatic rings. The molecular formula is C25H14Cl2O9. The van der Waals surface area contributed by atoms with E-state index >= 15 is 0 Å². The summed E-state index contributed by atoms with van der Waals surface area (Å²) in [6.07, 6.45) is 0. The number of halogens is 2. The molecule has 2 heterocycles. The molecule has 1 spiro atoms. The van der Waals surface area contributed by atoms with Crippen LogP contribution < -0.4 is 14.2 Å². The van der Waals surface area contributed by atoms with Crippen LogP contribution in [0.5, 0.6) is 23.0 Å². The number of hydrogen-bond donors (Lipinski definition) is 1. The molecule has 9 nitrogen and oxygen atoms in total. The third-order valence-corrected chi connectivity index (χ3v) is 6.26. The zero-order valence-electron chi connectivity index (χ0n) is 18.5. The fourth-order valence-corrected chi connectivity index (χ4v) is 4.73. The fourth-order valence-electron chi connectivity index (χ4n) is 4.32. The third kappa shape index (κ3) is 3.55. The highest BCUT2D eigenvalue weighted by atomic mass is 35.5. The van der Waals surface area contributed by atoms with Gasteiger partial charge in [-0.05, 0) is 24.3 Å². The summed E-state index contributed by atoms with van der Waals surface area (Å²) < 4.78 is 22.3. The molecule has 2 aliphatic rings. The molecule has 0 aliphatic carbocycles. The zero-order valence-corrected chi connectivity index (χ0v) is 20.0. The lowest BCUT2D eigenvalue weighted by Crippen LogP contribution is -2.33. The van der Waals surface area contributed by atoms with E-state index in [1.807, 2.05) is 0 Å². The van der Waals surface area contributed by atoms with Gasteiger partial charge >= 0.3 is 23.9 Å². The predicted molar refractivity (Wildman–Crippen MR) is 124 cm³/mol. The fraction of sp³-hybridized carbons (Fsp3) is 0.120. The van der Waals surface area contributed by atoms with Crippen molar-refractivity contribution in [1.82, 2.24) is 0 Å². The number of esters is 3. The second-order valence-electron chi connectivity index (χ2n) is 7.98. The van der Waals surface area contributed by atoms with Crippen molar-refractivity contribution in [2.45, 2.75) is 19.4 Å². The molecule has 1 N–H and O–H groups in total. The molecule has 36 heavy (non-hydrogen) atoms. The number of carboxylic acids is 1. The highest BCUT2D eigenvalue weighted by Gasteiger charge is 2.54. The minimum absolute atomic E-state index is 0.00135. The third-order valence-electron chi connectivity index (χ3n) is 5.67. The van der Waals surface area contributed by atoms with Crippen LogP contribution in [-0.4, -0.2) is 29.0 Å². The van der Waals surface area contributed by atoms with E-state index in [2.05, 4.69) is 0 Å². The molecule has 0 bridgehead atoms. The van der Waals surface area contributed by atoms with Crippen molar-refractivity contribution >= 4 is 47.1 Å². The average Bonchev–Trinajstić information content (AvgIpc) is 3.08. The maximum absolute atomic E-state index is 13.1. The summed E-state index contributed by atoms with van der Waals surface area (Å²) in [6, 6.07) is 9.60. The Kier molecular flexibility index (Phi) is 5.42. The van der Waals surface area contributed by atoms with Crippen LogP contribution in [0.4, 0.5) is 0 Å². The van der Waals surface area contributed by atoms with Gasteiger partial charge in [0.1, 0.15) is 11.5 Å². The first-order chi connectivity index (χ1) is 17.0. The van der Waals surface area contributed by atoms with Gasteiger partial charge in [0.25, 0.3) is 0 Å². The molecule has 11 heteroatoms. The summed E-state index contributed by atoms with van der Waals surface area (Å²) in [4.78, 5) is 47.7. The Bertz CT molecular complexity index is 1450. The summed E-state index contributed by atoms with van der Waals surface area (Å²) in [5.41, 5.74) is -0.861. The van der Waals surface area contributed by atoms with Crippen molar-refractivity contribution in [3.8, 4) is 23.0 Å². The molecule has 0 saturated carbocycles. The number of carbonyl (C=O) groups is 4. The van der Waals surface area contributed by atoms with Gasteiger partial charge < -0.3 is 24.1 Å². The monoisotopic (exact) mass is 528 g/mol. The maximum atomic E-state index is 13.1. The predicted octanol–water partition coefficient (Wildman–Crippen LogP) is 5.11. The van der Waals surface area contributed by atoms with Crippen LogP contribution >= 0.6 is 23.2 Å². The summed E-state index contributed by atoms with van der Waals surface area (Å²) in [5, 5.41) is 9.47. The lowest BCUT2D eigenvalue weighted by atomic mass is 9.77. The number of fused-ring (bicyclic) bond motifs is 6. The van der Waals surface area contributed by atoms with Crippen LogP contribution in [0.25, 0.3) is 0 Å². The minimum Gasteiger partial charge on any atom is -0.478 e. The number of benzene rings is 3. The molecule has 0 aromatic heterocycles. The second-order valence-corrected chi connectivity index (χ2v) is 8.80. The first kappa shape index (κ1) is 23.7. The van der Waals surface area contributed by atoms with Crippen molar-refractivity contribution in [2.75, 3.05) is 0 Å². The summed E-state index contributed by atoms with van der Waals surface area (Å²) >= 11 is 12.8. The summed E-state index contributed by atoms with van der Waals surface area (Å²) in [5.74, 6) is -2.99. The number of carboxylic acid groups (broad SMARTS) is 1. The smallest absolute Gasteiger partial charge is 0.340 e. The quantitative estimate of drug-likeness (QED) is 0.364. The van der Waals surface area contributed by atoms with Crippen LogP contribution in [0.2, 0.25) is 10.0 Å². The van der Waals surface area contributed by atoms with E-state index in [0.29, 0.717) is 5.56 Å². The van der Waals surface area contributed by atoms with Crippen LogP contribution in [-0.2, 0) is 19.9 Å². The van der Waals surface area contributed by atoms with Gasteiger partial charge in [0.05, 0.1) is 21.2 Å². The molecule has 3 aromatic carbocycles. The standard InChI is InChI=1S/C25H14Cl2O9/c1-10(28)33-21-8-19-15(6-17(21)26)25(14-4-3-12(23(30)31)5-13(14)24(32)36-25)16-7-18(27)22(34-11(2)29)9-20(16)35-19/h3-9H,1-2H3,(H,30,31). The van der Waals surface area contributed by atoms with Gasteiger partial charge in [-0.3, -0.25) is 9.59 Å². The molecule has 0 saturated heterocycles. The van der Waals surface area contributed by atoms with Crippen LogP contribution in [0.1, 0.15) is 51.3 Å². The molecule has 182 valence electrons. The first-order valence-corrected chi connectivity index (χ1v) is 11.1. The number of ether oxygens (including phenoxy) is 4. The van der Waals surface area contributed by atoms with Gasteiger partial charge in [-0.1, -0.05) is 29.3 Å². The Hall–Kier alpha value is -4.08. The molecule has 0 atom stereocenters. The second kappa shape index (κ2) is 8.25. The van der Waals surface area contributed by atoms with E-state index in [9.17, 15) is 24.3 Å². The van der Waals surface area contributed by atoms with E-state index in [1.165, 1.54) is 56.3 Å². The van der Waals surface area contributed by atoms with Gasteiger partial charge in [0, 0.05) is 42.7 Å². The normalized spacial score (nSPS) is 14.2. The van der Waals surface area contributed by atoms with Crippen LogP contribution in [0.3, 0.4) is 0 Å². The lowest BCUT2D eigenvalue weighted by Gasteiger charge is -2.37. The summed E-state index contributed by atoms with van der Waals surface area (Å²) in [6.45, 7) is 2.41. The Morgan fingerprint density at radius 3 is 1.83 bits per heavy atom. The molecule has 0 amide bonds. The minimum atomic E-state index is -1.65. The Morgan fingerprint density at radius 1 is 0.833 bits per heavy atom. The Morgan fingerprint density at radius 2 is 1.36 bits per heavy atom. The highest BCUT2D eigenvalue weighted by molar-refractivity contribution is 6.32. The molecule has 0 fully saturated rings. The van der Waals surface area contributed by atoms with Crippen molar-refractivity contribution < 1.29 is 43.2 Å². The molecule has 5 rings (SSSR count). The van der Waals surface area contributed by atoms with E-state index in [0.717, 1.165) is 0 Å². The van der Waals surface area contributed by atoms with E-state index in [4.69, 9.17) is 42.1 Å². The Balaban J connectivity index is 1.83. The van der Waals surface area contributed by atoms with Gasteiger partial charge in [-0.15, -0.1) is 0 Å². The number of aromatic carboxylic acids is 1. The highest BCUT2D eigenvalue weighted by Crippen LogP contribution is 2.58. The first-order valence-electron chi connectivity index (χ1n) is 10.3. The average molecular weight is 529 g/mol. The van der Waals surface area contributed by atoms with E-state index in [1.54, 1.807) is 0 Å². The van der Waals surface area contributed by atoms with Crippen LogP contribution in [0, 0.1) is 0 Å². The summed E-state index contributed by atoms with van der Waals surface area (Å²) in [7, 11) is 0. The topological polar surface area (TPSA) is 125 Å². The number of carbonyl (C=O) groups excluding carboxylic acids is 3. The van der Waals surface area contributed by atoms with E-state index in [-0.39, 0.29) is 55.3 Å². The Labute approximate surface area is 213 Å². The van der Waals surface area contributed by atoms with Crippen molar-refractivity contribution in [2.24, 2.45) is 0 Å². The molecule has 2 aliphatic heterocycles. The largest absolute Gasteiger partial charge is 0.478 e. The van der Waals surface area contributed by atoms with Crippen molar-refractivity contribution in [1.29, 1.82) is 0 Å².